The summed E-state index contributed by atoms with van der Waals surface area (Å²) in [6.07, 6.45) is 4.14. The second-order valence-corrected chi connectivity index (χ2v) is 5.43. The molecule has 1 saturated carbocycles. The first kappa shape index (κ1) is 14.3. The molecule has 1 fully saturated rings. The Labute approximate surface area is 128 Å². The van der Waals surface area contributed by atoms with Gasteiger partial charge in [0.25, 0.3) is 0 Å². The molecule has 0 unspecified atom stereocenters. The number of rotatable bonds is 7. The van der Waals surface area contributed by atoms with Crippen molar-refractivity contribution >= 4 is 17.6 Å². The summed E-state index contributed by atoms with van der Waals surface area (Å²) in [4.78, 5) is 19.7. The Kier molecular flexibility index (Phi) is 4.18. The average Bonchev–Trinajstić information content (AvgIpc) is 3.32. The van der Waals surface area contributed by atoms with Gasteiger partial charge in [-0.25, -0.2) is 14.8 Å². The van der Waals surface area contributed by atoms with Gasteiger partial charge in [-0.05, 0) is 18.4 Å². The quantitative estimate of drug-likeness (QED) is 0.726. The number of aromatic nitrogens is 2. The second kappa shape index (κ2) is 6.43. The summed E-state index contributed by atoms with van der Waals surface area (Å²) in [5.74, 6) is 0.337. The van der Waals surface area contributed by atoms with E-state index in [0.717, 1.165) is 24.2 Å². The third kappa shape index (κ3) is 3.94. The van der Waals surface area contributed by atoms with E-state index in [0.29, 0.717) is 18.3 Å². The molecule has 0 aliphatic heterocycles. The first-order valence-electron chi connectivity index (χ1n) is 7.32. The first-order chi connectivity index (χ1) is 10.7. The van der Waals surface area contributed by atoms with E-state index in [9.17, 15) is 9.90 Å². The zero-order valence-electron chi connectivity index (χ0n) is 12.1. The number of nitrogens with zero attached hydrogens (tertiary/aromatic N) is 2. The summed E-state index contributed by atoms with van der Waals surface area (Å²) in [6.45, 7) is 0. The zero-order valence-corrected chi connectivity index (χ0v) is 12.1. The van der Waals surface area contributed by atoms with Gasteiger partial charge >= 0.3 is 5.97 Å². The number of carboxylic acids is 1. The minimum Gasteiger partial charge on any atom is -0.480 e. The molecule has 22 heavy (non-hydrogen) atoms. The fourth-order valence-corrected chi connectivity index (χ4v) is 2.18. The fraction of sp³-hybridized carbons (Fsp3) is 0.312. The number of nitrogens with one attached hydrogen (secondary N) is 2. The molecule has 2 aromatic rings. The maximum atomic E-state index is 11.5. The third-order valence-corrected chi connectivity index (χ3v) is 3.50. The van der Waals surface area contributed by atoms with Crippen LogP contribution in [-0.2, 0) is 11.2 Å². The van der Waals surface area contributed by atoms with E-state index in [1.54, 1.807) is 6.07 Å². The summed E-state index contributed by atoms with van der Waals surface area (Å²) in [6, 6.07) is 11.0. The molecular weight excluding hydrogens is 280 g/mol. The molecule has 3 N–H and O–H groups in total. The van der Waals surface area contributed by atoms with Crippen molar-refractivity contribution in [2.45, 2.75) is 31.3 Å². The smallest absolute Gasteiger partial charge is 0.326 e. The van der Waals surface area contributed by atoms with E-state index in [1.165, 1.54) is 6.33 Å². The molecule has 0 saturated heterocycles. The molecule has 1 aliphatic carbocycles. The number of benzene rings is 1. The van der Waals surface area contributed by atoms with E-state index in [1.807, 2.05) is 30.3 Å². The first-order valence-corrected chi connectivity index (χ1v) is 7.32. The number of aliphatic carboxylic acids is 1. The summed E-state index contributed by atoms with van der Waals surface area (Å²) in [5, 5.41) is 15.6. The van der Waals surface area contributed by atoms with Gasteiger partial charge in [0.2, 0.25) is 0 Å². The highest BCUT2D eigenvalue weighted by Crippen LogP contribution is 2.24. The Bertz CT molecular complexity index is 644. The van der Waals surface area contributed by atoms with Gasteiger partial charge in [0.05, 0.1) is 0 Å². The molecule has 114 valence electrons. The van der Waals surface area contributed by atoms with E-state index in [4.69, 9.17) is 0 Å². The van der Waals surface area contributed by atoms with Crippen molar-refractivity contribution in [2.24, 2.45) is 0 Å². The Morgan fingerprint density at radius 3 is 2.64 bits per heavy atom. The van der Waals surface area contributed by atoms with Crippen molar-refractivity contribution in [1.82, 2.24) is 9.97 Å². The third-order valence-electron chi connectivity index (χ3n) is 3.50. The van der Waals surface area contributed by atoms with Gasteiger partial charge < -0.3 is 15.7 Å². The van der Waals surface area contributed by atoms with Crippen LogP contribution in [0.4, 0.5) is 11.6 Å². The maximum absolute atomic E-state index is 11.5. The van der Waals surface area contributed by atoms with Crippen LogP contribution in [-0.4, -0.2) is 33.1 Å². The summed E-state index contributed by atoms with van der Waals surface area (Å²) in [5.41, 5.74) is 0.966. The van der Waals surface area contributed by atoms with Crippen LogP contribution in [0.25, 0.3) is 0 Å². The van der Waals surface area contributed by atoms with Crippen LogP contribution in [0.3, 0.4) is 0 Å². The lowest BCUT2D eigenvalue weighted by atomic mass is 10.1. The van der Waals surface area contributed by atoms with Crippen LogP contribution in [0.5, 0.6) is 0 Å². The monoisotopic (exact) mass is 298 g/mol. The van der Waals surface area contributed by atoms with Crippen molar-refractivity contribution in [1.29, 1.82) is 0 Å². The zero-order chi connectivity index (χ0) is 15.4. The molecule has 0 spiro atoms. The van der Waals surface area contributed by atoms with Gasteiger partial charge in [-0.1, -0.05) is 30.3 Å². The highest BCUT2D eigenvalue weighted by Gasteiger charge is 2.22. The number of carbonyl (C=O) groups is 1. The lowest BCUT2D eigenvalue weighted by molar-refractivity contribution is -0.137. The van der Waals surface area contributed by atoms with Gasteiger partial charge in [0.1, 0.15) is 24.0 Å². The van der Waals surface area contributed by atoms with Crippen LogP contribution < -0.4 is 10.6 Å². The summed E-state index contributed by atoms with van der Waals surface area (Å²) >= 11 is 0. The summed E-state index contributed by atoms with van der Waals surface area (Å²) < 4.78 is 0. The summed E-state index contributed by atoms with van der Waals surface area (Å²) in [7, 11) is 0. The average molecular weight is 298 g/mol. The molecule has 1 heterocycles. The van der Waals surface area contributed by atoms with Crippen molar-refractivity contribution in [3.05, 3.63) is 48.3 Å². The number of hydrogen-bond acceptors (Lipinski definition) is 5. The Morgan fingerprint density at radius 2 is 1.95 bits per heavy atom. The van der Waals surface area contributed by atoms with E-state index >= 15 is 0 Å². The van der Waals surface area contributed by atoms with Crippen LogP contribution in [0.2, 0.25) is 0 Å². The second-order valence-electron chi connectivity index (χ2n) is 5.43. The Balaban J connectivity index is 1.69. The number of hydrogen-bond donors (Lipinski definition) is 3. The van der Waals surface area contributed by atoms with Crippen LogP contribution >= 0.6 is 0 Å². The van der Waals surface area contributed by atoms with Crippen molar-refractivity contribution in [3.8, 4) is 0 Å². The topological polar surface area (TPSA) is 87.1 Å². The van der Waals surface area contributed by atoms with Gasteiger partial charge in [-0.3, -0.25) is 0 Å². The van der Waals surface area contributed by atoms with E-state index in [2.05, 4.69) is 20.6 Å². The minimum absolute atomic E-state index is 0.394. The molecule has 6 nitrogen and oxygen atoms in total. The lowest BCUT2D eigenvalue weighted by Gasteiger charge is -2.15. The number of anilines is 2. The maximum Gasteiger partial charge on any atom is 0.326 e. The number of carboxylic acid groups (broad SMARTS) is 1. The molecule has 1 aromatic carbocycles. The molecule has 1 aromatic heterocycles. The molecule has 1 aliphatic rings. The largest absolute Gasteiger partial charge is 0.480 e. The van der Waals surface area contributed by atoms with Crippen LogP contribution in [0, 0.1) is 0 Å². The van der Waals surface area contributed by atoms with E-state index in [-0.39, 0.29) is 0 Å². The molecule has 0 radical (unpaired) electrons. The van der Waals surface area contributed by atoms with Crippen LogP contribution in [0.15, 0.2) is 42.7 Å². The van der Waals surface area contributed by atoms with E-state index < -0.39 is 12.0 Å². The van der Waals surface area contributed by atoms with Gasteiger partial charge in [0.15, 0.2) is 0 Å². The molecular formula is C16H18N4O2. The molecule has 0 amide bonds. The predicted octanol–water partition coefficient (Wildman–Crippen LogP) is 2.16. The predicted molar refractivity (Wildman–Crippen MR) is 83.9 cm³/mol. The van der Waals surface area contributed by atoms with Gasteiger partial charge in [-0.2, -0.15) is 0 Å². The van der Waals surface area contributed by atoms with Gasteiger partial charge in [-0.15, -0.1) is 0 Å². The fourth-order valence-electron chi connectivity index (χ4n) is 2.18. The molecule has 6 heteroatoms. The van der Waals surface area contributed by atoms with Crippen molar-refractivity contribution < 1.29 is 9.90 Å². The Morgan fingerprint density at radius 1 is 1.23 bits per heavy atom. The molecule has 3 rings (SSSR count). The SMILES string of the molecule is O=C(O)[C@@H](Cc1ccccc1)Nc1cc(NC2CC2)ncn1. The van der Waals surface area contributed by atoms with Crippen molar-refractivity contribution in [2.75, 3.05) is 10.6 Å². The highest BCUT2D eigenvalue weighted by atomic mass is 16.4. The highest BCUT2D eigenvalue weighted by molar-refractivity contribution is 5.77. The standard InChI is InChI=1S/C16H18N4O2/c21-16(22)13(8-11-4-2-1-3-5-11)20-15-9-14(17-10-18-15)19-12-6-7-12/h1-5,9-10,12-13H,6-8H2,(H,21,22)(H2,17,18,19,20)/t13-/m1/s1. The van der Waals surface area contributed by atoms with Crippen molar-refractivity contribution in [3.63, 3.8) is 0 Å². The molecule has 1 atom stereocenters. The lowest BCUT2D eigenvalue weighted by Crippen LogP contribution is -2.32. The normalized spacial score (nSPS) is 15.1. The Hall–Kier alpha value is -2.63. The van der Waals surface area contributed by atoms with Gasteiger partial charge in [0, 0.05) is 18.5 Å². The van der Waals surface area contributed by atoms with Crippen LogP contribution in [0.1, 0.15) is 18.4 Å². The molecule has 0 bridgehead atoms. The minimum atomic E-state index is -0.904.